The molecule has 1 aliphatic rings. The largest absolute Gasteiger partial charge is 0.508 e. The lowest BCUT2D eigenvalue weighted by Crippen LogP contribution is -2.17. The average Bonchev–Trinajstić information content (AvgIpc) is 2.59. The van der Waals surface area contributed by atoms with Gasteiger partial charge in [-0.2, -0.15) is 0 Å². The quantitative estimate of drug-likeness (QED) is 0.885. The molecule has 1 atom stereocenters. The SMILES string of the molecule is COc1cc(C)ccc1C1=CSC(=O)[C@H](Cc2ccc(O)cc2)C1. The third kappa shape index (κ3) is 3.65. The van der Waals surface area contributed by atoms with Crippen LogP contribution in [0.5, 0.6) is 11.5 Å². The number of aryl methyl sites for hydroxylation is 1. The zero-order valence-electron chi connectivity index (χ0n) is 13.8. The second-order valence-corrected chi connectivity index (χ2v) is 6.93. The number of phenolic OH excluding ortho intramolecular Hbond substituents is 1. The van der Waals surface area contributed by atoms with Gasteiger partial charge in [-0.05, 0) is 60.1 Å². The van der Waals surface area contributed by atoms with Crippen LogP contribution in [0.25, 0.3) is 5.57 Å². The second-order valence-electron chi connectivity index (χ2n) is 6.06. The van der Waals surface area contributed by atoms with E-state index in [4.69, 9.17) is 4.74 Å². The van der Waals surface area contributed by atoms with Crippen LogP contribution in [0.2, 0.25) is 0 Å². The second kappa shape index (κ2) is 7.14. The molecule has 0 fully saturated rings. The first-order valence-corrected chi connectivity index (χ1v) is 8.77. The van der Waals surface area contributed by atoms with Crippen LogP contribution >= 0.6 is 11.8 Å². The summed E-state index contributed by atoms with van der Waals surface area (Å²) in [5.74, 6) is 1.03. The Hall–Kier alpha value is -2.20. The van der Waals surface area contributed by atoms with Gasteiger partial charge in [0, 0.05) is 11.5 Å². The molecule has 3 nitrogen and oxygen atoms in total. The minimum absolute atomic E-state index is 0.0643. The highest BCUT2D eigenvalue weighted by molar-refractivity contribution is 8.16. The van der Waals surface area contributed by atoms with Crippen LogP contribution in [0.1, 0.15) is 23.1 Å². The number of allylic oxidation sites excluding steroid dienone is 1. The van der Waals surface area contributed by atoms with Gasteiger partial charge in [0.25, 0.3) is 0 Å². The van der Waals surface area contributed by atoms with E-state index in [9.17, 15) is 9.90 Å². The maximum absolute atomic E-state index is 12.3. The summed E-state index contributed by atoms with van der Waals surface area (Å²) in [6.07, 6.45) is 1.38. The normalized spacial score (nSPS) is 17.5. The van der Waals surface area contributed by atoms with Crippen molar-refractivity contribution in [1.82, 2.24) is 0 Å². The van der Waals surface area contributed by atoms with Gasteiger partial charge in [0.15, 0.2) is 5.12 Å². The van der Waals surface area contributed by atoms with Crippen molar-refractivity contribution in [1.29, 1.82) is 0 Å². The van der Waals surface area contributed by atoms with Crippen LogP contribution in [0.15, 0.2) is 47.9 Å². The van der Waals surface area contributed by atoms with E-state index in [1.807, 2.05) is 30.5 Å². The average molecular weight is 340 g/mol. The van der Waals surface area contributed by atoms with Gasteiger partial charge in [-0.25, -0.2) is 0 Å². The van der Waals surface area contributed by atoms with Crippen molar-refractivity contribution in [2.75, 3.05) is 7.11 Å². The van der Waals surface area contributed by atoms with Crippen LogP contribution < -0.4 is 4.74 Å². The van der Waals surface area contributed by atoms with Gasteiger partial charge < -0.3 is 9.84 Å². The third-order valence-corrected chi connectivity index (χ3v) is 5.21. The number of benzene rings is 2. The van der Waals surface area contributed by atoms with Crippen LogP contribution in [0.4, 0.5) is 0 Å². The van der Waals surface area contributed by atoms with E-state index in [2.05, 4.69) is 12.1 Å². The molecule has 24 heavy (non-hydrogen) atoms. The van der Waals surface area contributed by atoms with Crippen molar-refractivity contribution in [2.24, 2.45) is 5.92 Å². The molecule has 0 aliphatic carbocycles. The van der Waals surface area contributed by atoms with Gasteiger partial charge in [0.2, 0.25) is 0 Å². The number of rotatable bonds is 4. The van der Waals surface area contributed by atoms with Crippen molar-refractivity contribution < 1.29 is 14.6 Å². The summed E-state index contributed by atoms with van der Waals surface area (Å²) >= 11 is 1.27. The molecule has 0 unspecified atom stereocenters. The monoisotopic (exact) mass is 340 g/mol. The maximum Gasteiger partial charge on any atom is 0.196 e. The highest BCUT2D eigenvalue weighted by atomic mass is 32.2. The molecule has 4 heteroatoms. The summed E-state index contributed by atoms with van der Waals surface area (Å²) in [7, 11) is 1.67. The number of hydrogen-bond donors (Lipinski definition) is 1. The fraction of sp³-hybridized carbons (Fsp3) is 0.250. The van der Waals surface area contributed by atoms with Crippen molar-refractivity contribution in [3.05, 3.63) is 64.6 Å². The maximum atomic E-state index is 12.3. The molecule has 1 aliphatic heterocycles. The van der Waals surface area contributed by atoms with E-state index < -0.39 is 0 Å². The third-order valence-electron chi connectivity index (χ3n) is 4.24. The van der Waals surface area contributed by atoms with E-state index in [0.29, 0.717) is 12.8 Å². The summed E-state index contributed by atoms with van der Waals surface area (Å²) in [5, 5.41) is 11.5. The number of methoxy groups -OCH3 is 1. The van der Waals surface area contributed by atoms with Gasteiger partial charge in [-0.15, -0.1) is 0 Å². The van der Waals surface area contributed by atoms with Crippen LogP contribution in [-0.2, 0) is 11.2 Å². The van der Waals surface area contributed by atoms with Crippen molar-refractivity contribution in [3.63, 3.8) is 0 Å². The summed E-state index contributed by atoms with van der Waals surface area (Å²) in [4.78, 5) is 12.3. The summed E-state index contributed by atoms with van der Waals surface area (Å²) in [6, 6.07) is 13.2. The van der Waals surface area contributed by atoms with Gasteiger partial charge >= 0.3 is 0 Å². The topological polar surface area (TPSA) is 46.5 Å². The van der Waals surface area contributed by atoms with Gasteiger partial charge in [0.05, 0.1) is 7.11 Å². The Balaban J connectivity index is 1.82. The smallest absolute Gasteiger partial charge is 0.196 e. The molecule has 3 rings (SSSR count). The first kappa shape index (κ1) is 16.7. The molecule has 2 aromatic rings. The molecule has 0 saturated heterocycles. The number of hydrogen-bond acceptors (Lipinski definition) is 4. The lowest BCUT2D eigenvalue weighted by Gasteiger charge is -2.22. The molecule has 2 aromatic carbocycles. The van der Waals surface area contributed by atoms with Gasteiger partial charge in [0.1, 0.15) is 11.5 Å². The molecule has 1 heterocycles. The molecular formula is C20H20O3S. The predicted octanol–water partition coefficient (Wildman–Crippen LogP) is 4.57. The standard InChI is InChI=1S/C20H20O3S/c1-13-3-8-18(19(9-13)23-2)16-11-15(20(22)24-12-16)10-14-4-6-17(21)7-5-14/h3-9,12,15,21H,10-11H2,1-2H3/t15-/m1/s1. The summed E-state index contributed by atoms with van der Waals surface area (Å²) in [6.45, 7) is 2.04. The Labute approximate surface area is 146 Å². The molecular weight excluding hydrogens is 320 g/mol. The van der Waals surface area contributed by atoms with Crippen molar-refractivity contribution in [2.45, 2.75) is 19.8 Å². The van der Waals surface area contributed by atoms with Crippen LogP contribution in [-0.4, -0.2) is 17.3 Å². The molecule has 1 N–H and O–H groups in total. The summed E-state index contributed by atoms with van der Waals surface area (Å²) < 4.78 is 5.51. The van der Waals surface area contributed by atoms with E-state index in [0.717, 1.165) is 28.0 Å². The van der Waals surface area contributed by atoms with Crippen molar-refractivity contribution in [3.8, 4) is 11.5 Å². The number of carbonyl (C=O) groups is 1. The fourth-order valence-corrected chi connectivity index (χ4v) is 3.77. The Kier molecular flexibility index (Phi) is 4.95. The van der Waals surface area contributed by atoms with Gasteiger partial charge in [-0.1, -0.05) is 36.0 Å². The Morgan fingerprint density at radius 3 is 2.67 bits per heavy atom. The molecule has 0 bridgehead atoms. The highest BCUT2D eigenvalue weighted by Gasteiger charge is 2.26. The van der Waals surface area contributed by atoms with E-state index in [1.54, 1.807) is 19.2 Å². The lowest BCUT2D eigenvalue weighted by molar-refractivity contribution is -0.114. The molecule has 0 radical (unpaired) electrons. The van der Waals surface area contributed by atoms with E-state index in [-0.39, 0.29) is 16.8 Å². The molecule has 0 saturated carbocycles. The fourth-order valence-electron chi connectivity index (χ4n) is 2.93. The van der Waals surface area contributed by atoms with E-state index in [1.165, 1.54) is 11.8 Å². The molecule has 124 valence electrons. The zero-order chi connectivity index (χ0) is 17.1. The molecule has 0 amide bonds. The molecule has 0 spiro atoms. The minimum Gasteiger partial charge on any atom is -0.508 e. The number of phenols is 1. The highest BCUT2D eigenvalue weighted by Crippen LogP contribution is 2.39. The number of ether oxygens (including phenoxy) is 1. The summed E-state index contributed by atoms with van der Waals surface area (Å²) in [5.41, 5.74) is 4.40. The first-order valence-electron chi connectivity index (χ1n) is 7.89. The zero-order valence-corrected chi connectivity index (χ0v) is 14.6. The molecule has 0 aromatic heterocycles. The minimum atomic E-state index is -0.0643. The number of carbonyl (C=O) groups excluding carboxylic acids is 1. The van der Waals surface area contributed by atoms with Crippen molar-refractivity contribution >= 4 is 22.5 Å². The Bertz CT molecular complexity index is 778. The number of aromatic hydroxyl groups is 1. The van der Waals surface area contributed by atoms with Crippen LogP contribution in [0, 0.1) is 12.8 Å². The predicted molar refractivity (Wildman–Crippen MR) is 98.2 cm³/mol. The first-order chi connectivity index (χ1) is 11.6. The number of thioether (sulfide) groups is 1. The Morgan fingerprint density at radius 2 is 1.96 bits per heavy atom. The van der Waals surface area contributed by atoms with E-state index >= 15 is 0 Å². The van der Waals surface area contributed by atoms with Gasteiger partial charge in [-0.3, -0.25) is 4.79 Å². The lowest BCUT2D eigenvalue weighted by atomic mass is 9.90. The van der Waals surface area contributed by atoms with Crippen LogP contribution in [0.3, 0.4) is 0 Å². The Morgan fingerprint density at radius 1 is 1.21 bits per heavy atom.